The summed E-state index contributed by atoms with van der Waals surface area (Å²) >= 11 is 0. The summed E-state index contributed by atoms with van der Waals surface area (Å²) in [6, 6.07) is 11.5. The van der Waals surface area contributed by atoms with Crippen LogP contribution in [0.1, 0.15) is 32.9 Å². The lowest BCUT2D eigenvalue weighted by Gasteiger charge is -2.07. The third kappa shape index (κ3) is 3.45. The summed E-state index contributed by atoms with van der Waals surface area (Å²) in [6.45, 7) is 3.62. The van der Waals surface area contributed by atoms with Crippen LogP contribution >= 0.6 is 0 Å². The van der Waals surface area contributed by atoms with Gasteiger partial charge in [-0.05, 0) is 68.0 Å². The molecule has 0 aliphatic carbocycles. The molecule has 0 saturated heterocycles. The van der Waals surface area contributed by atoms with Crippen molar-refractivity contribution < 1.29 is 14.0 Å². The number of H-pyrrole nitrogens is 1. The maximum Gasteiger partial charge on any atom is 0.257 e. The SMILES string of the molecule is CNc1ccc(NC(=O)c2c(C)[nH]c(/C=C3\C(=O)Nc4ccc(F)cc43)c2C)cc1. The van der Waals surface area contributed by atoms with Crippen molar-refractivity contribution in [3.8, 4) is 0 Å². The first-order valence-electron chi connectivity index (χ1n) is 9.48. The van der Waals surface area contributed by atoms with Crippen LogP contribution in [0.25, 0.3) is 11.6 Å². The zero-order chi connectivity index (χ0) is 21.4. The number of aryl methyl sites for hydroxylation is 1. The average molecular weight is 404 g/mol. The molecule has 0 spiro atoms. The lowest BCUT2D eigenvalue weighted by Crippen LogP contribution is -2.13. The van der Waals surface area contributed by atoms with Gasteiger partial charge in [0, 0.05) is 41.1 Å². The third-order valence-electron chi connectivity index (χ3n) is 5.19. The number of carbonyl (C=O) groups excluding carboxylic acids is 2. The summed E-state index contributed by atoms with van der Waals surface area (Å²) in [6.07, 6.45) is 1.65. The van der Waals surface area contributed by atoms with Crippen LogP contribution in [0.2, 0.25) is 0 Å². The van der Waals surface area contributed by atoms with E-state index in [1.165, 1.54) is 18.2 Å². The van der Waals surface area contributed by atoms with Crippen molar-refractivity contribution in [2.45, 2.75) is 13.8 Å². The van der Waals surface area contributed by atoms with Gasteiger partial charge in [0.25, 0.3) is 11.8 Å². The molecule has 1 aliphatic heterocycles. The van der Waals surface area contributed by atoms with E-state index in [1.54, 1.807) is 13.0 Å². The number of nitrogens with one attached hydrogen (secondary N) is 4. The van der Waals surface area contributed by atoms with Crippen molar-refractivity contribution in [3.63, 3.8) is 0 Å². The van der Waals surface area contributed by atoms with E-state index in [-0.39, 0.29) is 11.8 Å². The number of amides is 2. The fourth-order valence-corrected chi connectivity index (χ4v) is 3.62. The molecule has 4 rings (SSSR count). The molecule has 0 saturated carbocycles. The maximum atomic E-state index is 13.7. The molecule has 2 aromatic carbocycles. The summed E-state index contributed by atoms with van der Waals surface area (Å²) in [5.74, 6) is -0.969. The Balaban J connectivity index is 1.66. The standard InChI is InChI=1S/C23H21FN4O2/c1-12-20(11-18-17-10-14(24)4-9-19(17)28-22(18)29)26-13(2)21(12)23(30)27-16-7-5-15(25-3)6-8-16/h4-11,25-26H,1-3H3,(H,27,30)(H,28,29)/b18-11-. The highest BCUT2D eigenvalue weighted by atomic mass is 19.1. The zero-order valence-corrected chi connectivity index (χ0v) is 16.8. The Bertz CT molecular complexity index is 1190. The summed E-state index contributed by atoms with van der Waals surface area (Å²) in [4.78, 5) is 28.4. The quantitative estimate of drug-likeness (QED) is 0.481. The summed E-state index contributed by atoms with van der Waals surface area (Å²) in [5.41, 5.74) is 5.58. The fraction of sp³-hybridized carbons (Fsp3) is 0.130. The molecule has 7 heteroatoms. The van der Waals surface area contributed by atoms with Gasteiger partial charge in [-0.1, -0.05) is 0 Å². The van der Waals surface area contributed by atoms with Crippen LogP contribution in [0, 0.1) is 19.7 Å². The molecule has 1 aromatic heterocycles. The minimum atomic E-state index is -0.417. The second kappa shape index (κ2) is 7.51. The van der Waals surface area contributed by atoms with E-state index in [9.17, 15) is 14.0 Å². The molecule has 0 fully saturated rings. The van der Waals surface area contributed by atoms with E-state index in [2.05, 4.69) is 20.9 Å². The van der Waals surface area contributed by atoms with Crippen LogP contribution < -0.4 is 16.0 Å². The Morgan fingerprint density at radius 3 is 2.47 bits per heavy atom. The minimum absolute atomic E-state index is 0.245. The molecule has 6 nitrogen and oxygen atoms in total. The van der Waals surface area contributed by atoms with Gasteiger partial charge in [0.15, 0.2) is 0 Å². The molecule has 4 N–H and O–H groups in total. The molecule has 0 radical (unpaired) electrons. The first kappa shape index (κ1) is 19.4. The Labute approximate surface area is 173 Å². The van der Waals surface area contributed by atoms with Gasteiger partial charge in [-0.15, -0.1) is 0 Å². The van der Waals surface area contributed by atoms with Crippen molar-refractivity contribution in [2.24, 2.45) is 0 Å². The molecule has 0 atom stereocenters. The number of aromatic amines is 1. The van der Waals surface area contributed by atoms with Crippen LogP contribution in [0.3, 0.4) is 0 Å². The topological polar surface area (TPSA) is 86.0 Å². The Hall–Kier alpha value is -3.87. The number of hydrogen-bond acceptors (Lipinski definition) is 3. The van der Waals surface area contributed by atoms with Crippen LogP contribution in [0.15, 0.2) is 42.5 Å². The van der Waals surface area contributed by atoms with E-state index >= 15 is 0 Å². The minimum Gasteiger partial charge on any atom is -0.388 e. The first-order chi connectivity index (χ1) is 14.4. The fourth-order valence-electron chi connectivity index (χ4n) is 3.62. The highest BCUT2D eigenvalue weighted by Crippen LogP contribution is 2.34. The lowest BCUT2D eigenvalue weighted by molar-refractivity contribution is -0.110. The molecule has 30 heavy (non-hydrogen) atoms. The molecule has 3 aromatic rings. The Morgan fingerprint density at radius 1 is 1.07 bits per heavy atom. The molecule has 2 amide bonds. The van der Waals surface area contributed by atoms with E-state index in [4.69, 9.17) is 0 Å². The van der Waals surface area contributed by atoms with Crippen LogP contribution in [-0.2, 0) is 4.79 Å². The summed E-state index contributed by atoms with van der Waals surface area (Å²) < 4.78 is 13.7. The largest absolute Gasteiger partial charge is 0.388 e. The van der Waals surface area contributed by atoms with Crippen molar-refractivity contribution in [1.29, 1.82) is 0 Å². The van der Waals surface area contributed by atoms with Gasteiger partial charge in [0.05, 0.1) is 11.1 Å². The molecular formula is C23H21FN4O2. The highest BCUT2D eigenvalue weighted by Gasteiger charge is 2.26. The molecule has 2 heterocycles. The smallest absolute Gasteiger partial charge is 0.257 e. The third-order valence-corrected chi connectivity index (χ3v) is 5.19. The highest BCUT2D eigenvalue weighted by molar-refractivity contribution is 6.35. The summed E-state index contributed by atoms with van der Waals surface area (Å²) in [5, 5.41) is 8.65. The zero-order valence-electron chi connectivity index (χ0n) is 16.8. The molecule has 0 unspecified atom stereocenters. The number of rotatable bonds is 4. The number of aromatic nitrogens is 1. The molecule has 152 valence electrons. The molecule has 0 bridgehead atoms. The van der Waals surface area contributed by atoms with Crippen molar-refractivity contribution in [3.05, 3.63) is 76.4 Å². The second-order valence-corrected chi connectivity index (χ2v) is 7.15. The monoisotopic (exact) mass is 404 g/mol. The normalized spacial score (nSPS) is 13.9. The van der Waals surface area contributed by atoms with Gasteiger partial charge in [-0.2, -0.15) is 0 Å². The van der Waals surface area contributed by atoms with E-state index in [0.717, 1.165) is 5.69 Å². The Morgan fingerprint density at radius 2 is 1.77 bits per heavy atom. The maximum absolute atomic E-state index is 13.7. The van der Waals surface area contributed by atoms with Crippen LogP contribution in [0.4, 0.5) is 21.5 Å². The summed E-state index contributed by atoms with van der Waals surface area (Å²) in [7, 11) is 1.83. The second-order valence-electron chi connectivity index (χ2n) is 7.15. The lowest BCUT2D eigenvalue weighted by atomic mass is 10.0. The van der Waals surface area contributed by atoms with Crippen LogP contribution in [-0.4, -0.2) is 23.8 Å². The molecular weight excluding hydrogens is 383 g/mol. The first-order valence-corrected chi connectivity index (χ1v) is 9.48. The van der Waals surface area contributed by atoms with Gasteiger partial charge >= 0.3 is 0 Å². The number of anilines is 3. The van der Waals surface area contributed by atoms with Crippen molar-refractivity contribution in [2.75, 3.05) is 23.0 Å². The van der Waals surface area contributed by atoms with E-state index < -0.39 is 5.82 Å². The average Bonchev–Trinajstić information content (AvgIpc) is 3.18. The van der Waals surface area contributed by atoms with Gasteiger partial charge in [0.1, 0.15) is 5.82 Å². The van der Waals surface area contributed by atoms with Crippen molar-refractivity contribution in [1.82, 2.24) is 4.98 Å². The predicted molar refractivity (Wildman–Crippen MR) is 117 cm³/mol. The Kier molecular flexibility index (Phi) is 4.87. The number of fused-ring (bicyclic) bond motifs is 1. The van der Waals surface area contributed by atoms with E-state index in [1.807, 2.05) is 38.2 Å². The van der Waals surface area contributed by atoms with Gasteiger partial charge in [-0.3, -0.25) is 9.59 Å². The number of benzene rings is 2. The molecule has 1 aliphatic rings. The van der Waals surface area contributed by atoms with E-state index in [0.29, 0.717) is 45.0 Å². The van der Waals surface area contributed by atoms with Gasteiger partial charge < -0.3 is 20.9 Å². The number of carbonyl (C=O) groups is 2. The van der Waals surface area contributed by atoms with Crippen molar-refractivity contribution >= 4 is 40.5 Å². The number of halogens is 1. The van der Waals surface area contributed by atoms with Crippen LogP contribution in [0.5, 0.6) is 0 Å². The van der Waals surface area contributed by atoms with Gasteiger partial charge in [0.2, 0.25) is 0 Å². The number of hydrogen-bond donors (Lipinski definition) is 4. The van der Waals surface area contributed by atoms with Gasteiger partial charge in [-0.25, -0.2) is 4.39 Å². The predicted octanol–water partition coefficient (Wildman–Crippen LogP) is 4.56.